The standard InChI is InChI=1S/C18H18ClF5N6O.ClH/c1-29(2)4-3-5-31-10-6-11(20)13(12(21)7-10)14-15(19)28-17-26-9-27-30(17)16(14)25-8-18(22,23)24;/h6-7,9,25H,3-5,8H2,1-2H3;1H. The summed E-state index contributed by atoms with van der Waals surface area (Å²) in [7, 11) is 3.75. The SMILES string of the molecule is CN(C)CCCOc1cc(F)c(-c2c(Cl)nc3ncnn3c2NCC(F)(F)F)c(F)c1.[Cl-].[H+]. The Hall–Kier alpha value is -2.44. The highest BCUT2D eigenvalue weighted by Crippen LogP contribution is 2.39. The number of nitrogens with zero attached hydrogens (tertiary/aromatic N) is 5. The Kier molecular flexibility index (Phi) is 8.43. The Morgan fingerprint density at radius 3 is 2.44 bits per heavy atom. The third-order valence-corrected chi connectivity index (χ3v) is 4.40. The third kappa shape index (κ3) is 6.08. The first-order chi connectivity index (χ1) is 14.6. The number of fused-ring (bicyclic) bond motifs is 1. The van der Waals surface area contributed by atoms with E-state index >= 15 is 0 Å². The van der Waals surface area contributed by atoms with E-state index in [0.717, 1.165) is 29.5 Å². The molecule has 0 aliphatic rings. The molecule has 7 nitrogen and oxygen atoms in total. The van der Waals surface area contributed by atoms with Gasteiger partial charge in [0.25, 0.3) is 5.78 Å². The van der Waals surface area contributed by atoms with E-state index in [0.29, 0.717) is 6.42 Å². The molecule has 14 heteroatoms. The van der Waals surface area contributed by atoms with Gasteiger partial charge in [0.1, 0.15) is 41.2 Å². The maximum Gasteiger partial charge on any atom is 1.00 e. The van der Waals surface area contributed by atoms with Crippen LogP contribution < -0.4 is 22.5 Å². The van der Waals surface area contributed by atoms with Crippen LogP contribution in [0.5, 0.6) is 5.75 Å². The van der Waals surface area contributed by atoms with Crippen molar-refractivity contribution in [2.45, 2.75) is 12.6 Å². The van der Waals surface area contributed by atoms with E-state index in [1.54, 1.807) is 0 Å². The summed E-state index contributed by atoms with van der Waals surface area (Å²) >= 11 is 6.08. The highest BCUT2D eigenvalue weighted by atomic mass is 35.5. The molecule has 0 bridgehead atoms. The van der Waals surface area contributed by atoms with E-state index < -0.39 is 46.5 Å². The molecule has 0 aliphatic carbocycles. The van der Waals surface area contributed by atoms with E-state index in [2.05, 4.69) is 20.4 Å². The van der Waals surface area contributed by atoms with Crippen molar-refractivity contribution in [1.29, 1.82) is 0 Å². The number of hydrogen-bond acceptors (Lipinski definition) is 6. The molecule has 0 saturated heterocycles. The van der Waals surface area contributed by atoms with Crippen LogP contribution in [-0.2, 0) is 0 Å². The lowest BCUT2D eigenvalue weighted by atomic mass is 10.1. The van der Waals surface area contributed by atoms with Gasteiger partial charge < -0.3 is 27.4 Å². The molecule has 176 valence electrons. The molecule has 0 amide bonds. The molecule has 0 spiro atoms. The highest BCUT2D eigenvalue weighted by molar-refractivity contribution is 6.33. The van der Waals surface area contributed by atoms with E-state index in [4.69, 9.17) is 16.3 Å². The van der Waals surface area contributed by atoms with Gasteiger partial charge in [-0.05, 0) is 20.5 Å². The van der Waals surface area contributed by atoms with Crippen molar-refractivity contribution in [2.24, 2.45) is 0 Å². The summed E-state index contributed by atoms with van der Waals surface area (Å²) in [6.45, 7) is -0.551. The van der Waals surface area contributed by atoms with Crippen molar-refractivity contribution in [1.82, 2.24) is 24.5 Å². The number of alkyl halides is 3. The van der Waals surface area contributed by atoms with Crippen LogP contribution in [-0.4, -0.2) is 64.4 Å². The zero-order valence-electron chi connectivity index (χ0n) is 17.9. The molecule has 3 rings (SSSR count). The Morgan fingerprint density at radius 1 is 1.19 bits per heavy atom. The van der Waals surface area contributed by atoms with Gasteiger partial charge in [0, 0.05) is 18.7 Å². The van der Waals surface area contributed by atoms with Crippen LogP contribution in [0.15, 0.2) is 18.5 Å². The van der Waals surface area contributed by atoms with Crippen LogP contribution in [0.25, 0.3) is 16.9 Å². The normalized spacial score (nSPS) is 11.7. The first kappa shape index (κ1) is 25.8. The van der Waals surface area contributed by atoms with Gasteiger partial charge in [-0.15, -0.1) is 0 Å². The molecule has 0 aliphatic heterocycles. The number of rotatable bonds is 8. The van der Waals surface area contributed by atoms with Crippen LogP contribution in [0, 0.1) is 11.6 Å². The van der Waals surface area contributed by atoms with Crippen LogP contribution in [0.3, 0.4) is 0 Å². The second-order valence-corrected chi connectivity index (χ2v) is 7.19. The minimum Gasteiger partial charge on any atom is -1.00 e. The summed E-state index contributed by atoms with van der Waals surface area (Å²) in [5.74, 6) is -2.77. The summed E-state index contributed by atoms with van der Waals surface area (Å²) in [5.41, 5.74) is -1.08. The van der Waals surface area contributed by atoms with Gasteiger partial charge in [-0.1, -0.05) is 11.6 Å². The molecule has 32 heavy (non-hydrogen) atoms. The minimum atomic E-state index is -4.61. The minimum absolute atomic E-state index is 0. The predicted octanol–water partition coefficient (Wildman–Crippen LogP) is 1.14. The topological polar surface area (TPSA) is 67.6 Å². The first-order valence-corrected chi connectivity index (χ1v) is 9.41. The predicted molar refractivity (Wildman–Crippen MR) is 105 cm³/mol. The fourth-order valence-corrected chi connectivity index (χ4v) is 3.09. The van der Waals surface area contributed by atoms with E-state index in [1.165, 1.54) is 0 Å². The van der Waals surface area contributed by atoms with Gasteiger partial charge in [-0.3, -0.25) is 0 Å². The van der Waals surface area contributed by atoms with Crippen molar-refractivity contribution in [3.05, 3.63) is 35.2 Å². The number of benzene rings is 1. The summed E-state index contributed by atoms with van der Waals surface area (Å²) in [4.78, 5) is 9.55. The zero-order valence-corrected chi connectivity index (χ0v) is 18.4. The quantitative estimate of drug-likeness (QED) is 0.284. The summed E-state index contributed by atoms with van der Waals surface area (Å²) in [6, 6.07) is 1.87. The van der Waals surface area contributed by atoms with Crippen molar-refractivity contribution < 1.29 is 40.5 Å². The molecule has 2 heterocycles. The first-order valence-electron chi connectivity index (χ1n) is 9.03. The third-order valence-electron chi connectivity index (χ3n) is 4.12. The van der Waals surface area contributed by atoms with Crippen molar-refractivity contribution in [2.75, 3.05) is 39.1 Å². The number of nitrogens with one attached hydrogen (secondary N) is 1. The largest absolute Gasteiger partial charge is 1.00 e. The van der Waals surface area contributed by atoms with Gasteiger partial charge in [-0.2, -0.15) is 32.8 Å². The van der Waals surface area contributed by atoms with Gasteiger partial charge in [-0.25, -0.2) is 8.78 Å². The molecule has 2 aromatic heterocycles. The Bertz CT molecular complexity index is 1060. The van der Waals surface area contributed by atoms with Crippen molar-refractivity contribution >= 4 is 23.2 Å². The van der Waals surface area contributed by atoms with Gasteiger partial charge in [0.2, 0.25) is 0 Å². The molecule has 0 atom stereocenters. The maximum absolute atomic E-state index is 14.9. The molecule has 1 aromatic carbocycles. The molecule has 0 unspecified atom stereocenters. The summed E-state index contributed by atoms with van der Waals surface area (Å²) < 4.78 is 74.4. The lowest BCUT2D eigenvalue weighted by molar-refractivity contribution is -0.115. The van der Waals surface area contributed by atoms with Crippen LogP contribution in [0.1, 0.15) is 7.85 Å². The molecule has 1 N–H and O–H groups in total. The molecule has 0 radical (unpaired) electrons. The van der Waals surface area contributed by atoms with Gasteiger partial charge in [0.15, 0.2) is 0 Å². The van der Waals surface area contributed by atoms with Crippen LogP contribution >= 0.6 is 11.6 Å². The van der Waals surface area contributed by atoms with Crippen molar-refractivity contribution in [3.8, 4) is 16.9 Å². The summed E-state index contributed by atoms with van der Waals surface area (Å²) in [6.07, 6.45) is -2.96. The van der Waals surface area contributed by atoms with E-state index in [1.807, 2.05) is 19.0 Å². The molecular weight excluding hydrogens is 482 g/mol. The Balaban J connectivity index is 0.00000272. The van der Waals surface area contributed by atoms with Crippen molar-refractivity contribution in [3.63, 3.8) is 0 Å². The molecule has 0 fully saturated rings. The lowest BCUT2D eigenvalue weighted by Gasteiger charge is -2.17. The maximum atomic E-state index is 14.9. The average molecular weight is 501 g/mol. The Labute approximate surface area is 192 Å². The monoisotopic (exact) mass is 500 g/mol. The van der Waals surface area contributed by atoms with Crippen LogP contribution in [0.2, 0.25) is 5.15 Å². The zero-order chi connectivity index (χ0) is 22.8. The molecular formula is C18H19Cl2F5N6O. The fourth-order valence-electron chi connectivity index (χ4n) is 2.83. The second kappa shape index (κ2) is 10.5. The van der Waals surface area contributed by atoms with Gasteiger partial charge in [0.05, 0.1) is 17.7 Å². The Morgan fingerprint density at radius 2 is 1.84 bits per heavy atom. The summed E-state index contributed by atoms with van der Waals surface area (Å²) in [5, 5.41) is 5.41. The fraction of sp³-hybridized carbons (Fsp3) is 0.389. The lowest BCUT2D eigenvalue weighted by Crippen LogP contribution is -3.00. The number of anilines is 1. The highest BCUT2D eigenvalue weighted by Gasteiger charge is 2.30. The number of ether oxygens (including phenoxy) is 1. The van der Waals surface area contributed by atoms with E-state index in [-0.39, 0.29) is 32.0 Å². The van der Waals surface area contributed by atoms with E-state index in [9.17, 15) is 22.0 Å². The average Bonchev–Trinajstić information content (AvgIpc) is 3.11. The van der Waals surface area contributed by atoms with Crippen LogP contribution in [0.4, 0.5) is 27.8 Å². The number of hydrogen-bond donors (Lipinski definition) is 1. The second-order valence-electron chi connectivity index (χ2n) is 6.83. The molecule has 3 aromatic rings. The number of halogens is 7. The number of aromatic nitrogens is 4. The smallest absolute Gasteiger partial charge is 1.00 e. The molecule has 0 saturated carbocycles. The van der Waals surface area contributed by atoms with Gasteiger partial charge >= 0.3 is 7.60 Å².